The van der Waals surface area contributed by atoms with Crippen molar-refractivity contribution in [3.05, 3.63) is 52.4 Å². The highest BCUT2D eigenvalue weighted by Crippen LogP contribution is 2.47. The first-order valence-electron chi connectivity index (χ1n) is 16.8. The molecule has 0 aliphatic carbocycles. The molecule has 0 saturated heterocycles. The lowest BCUT2D eigenvalue weighted by molar-refractivity contribution is 0.267. The van der Waals surface area contributed by atoms with Crippen LogP contribution in [0, 0.1) is 10.8 Å². The van der Waals surface area contributed by atoms with Crippen LogP contribution in [0.25, 0.3) is 0 Å². The lowest BCUT2D eigenvalue weighted by Gasteiger charge is -2.38. The molecule has 0 aliphatic rings. The summed E-state index contributed by atoms with van der Waals surface area (Å²) in [4.78, 5) is 2.47. The highest BCUT2D eigenvalue weighted by Gasteiger charge is 2.35. The van der Waals surface area contributed by atoms with Gasteiger partial charge in [-0.15, -0.1) is 0 Å². The van der Waals surface area contributed by atoms with E-state index in [9.17, 15) is 5.11 Å². The lowest BCUT2D eigenvalue weighted by Crippen LogP contribution is -2.29. The van der Waals surface area contributed by atoms with Crippen LogP contribution in [0.4, 0.5) is 0 Å². The molecule has 1 rings (SSSR count). The summed E-state index contributed by atoms with van der Waals surface area (Å²) in [6.45, 7) is 33.1. The van der Waals surface area contributed by atoms with Gasteiger partial charge < -0.3 is 10.0 Å². The summed E-state index contributed by atoms with van der Waals surface area (Å²) in [5, 5.41) is 11.9. The van der Waals surface area contributed by atoms with E-state index >= 15 is 0 Å². The molecule has 0 saturated carbocycles. The van der Waals surface area contributed by atoms with Gasteiger partial charge in [-0.25, -0.2) is 0 Å². The summed E-state index contributed by atoms with van der Waals surface area (Å²) in [5.41, 5.74) is 6.56. The number of hydrogen-bond donors (Lipinski definition) is 1. The zero-order valence-corrected chi connectivity index (χ0v) is 30.0. The Morgan fingerprint density at radius 2 is 1.02 bits per heavy atom. The van der Waals surface area contributed by atoms with E-state index in [1.807, 2.05) is 0 Å². The minimum Gasteiger partial charge on any atom is -0.507 e. The van der Waals surface area contributed by atoms with Crippen molar-refractivity contribution in [1.82, 2.24) is 4.90 Å². The van der Waals surface area contributed by atoms with Crippen LogP contribution in [0.5, 0.6) is 5.75 Å². The van der Waals surface area contributed by atoms with Crippen LogP contribution in [-0.4, -0.2) is 10.0 Å². The van der Waals surface area contributed by atoms with Gasteiger partial charge in [0.15, 0.2) is 0 Å². The number of aromatic hydroxyl groups is 1. The molecule has 41 heavy (non-hydrogen) atoms. The number of benzene rings is 1. The smallest absolute Gasteiger partial charge is 0.123 e. The van der Waals surface area contributed by atoms with Crippen LogP contribution in [0.1, 0.15) is 178 Å². The summed E-state index contributed by atoms with van der Waals surface area (Å²) in [6.07, 6.45) is 16.3. The third-order valence-corrected chi connectivity index (χ3v) is 8.25. The molecule has 0 fully saturated rings. The first kappa shape index (κ1) is 37.3. The van der Waals surface area contributed by atoms with E-state index in [1.54, 1.807) is 0 Å². The van der Waals surface area contributed by atoms with Crippen molar-refractivity contribution in [3.63, 3.8) is 0 Å². The van der Waals surface area contributed by atoms with Gasteiger partial charge in [-0.3, -0.25) is 0 Å². The van der Waals surface area contributed by atoms with E-state index in [-0.39, 0.29) is 21.7 Å². The van der Waals surface area contributed by atoms with Crippen LogP contribution < -0.4 is 0 Å². The summed E-state index contributed by atoms with van der Waals surface area (Å²) in [7, 11) is 0. The van der Waals surface area contributed by atoms with Crippen molar-refractivity contribution in [3.8, 4) is 5.75 Å². The van der Waals surface area contributed by atoms with Gasteiger partial charge in [0.25, 0.3) is 0 Å². The van der Waals surface area contributed by atoms with E-state index in [0.29, 0.717) is 5.75 Å². The first-order valence-corrected chi connectivity index (χ1v) is 16.8. The molecule has 1 aromatic rings. The average molecular weight is 568 g/mol. The molecule has 0 spiro atoms. The second kappa shape index (κ2) is 15.7. The quantitative estimate of drug-likeness (QED) is 0.215. The number of hydrogen-bond acceptors (Lipinski definition) is 2. The van der Waals surface area contributed by atoms with Gasteiger partial charge in [0.05, 0.1) is 0 Å². The SMILES string of the molecule is CCCCC(=CN(C=C(CC)CCCC)Cc1cc(C(C)(C)CC(C)(C)C)c(O)c(C(C)(C)CC(C)(C)C)c1)CC. The zero-order chi connectivity index (χ0) is 31.6. The molecular weight excluding hydrogens is 498 g/mol. The molecule has 1 N–H and O–H groups in total. The molecule has 0 bridgehead atoms. The Morgan fingerprint density at radius 1 is 0.659 bits per heavy atom. The van der Waals surface area contributed by atoms with Gasteiger partial charge in [0.1, 0.15) is 5.75 Å². The second-order valence-corrected chi connectivity index (χ2v) is 16.4. The summed E-state index contributed by atoms with van der Waals surface area (Å²) in [5.74, 6) is 0.504. The topological polar surface area (TPSA) is 23.5 Å². The molecule has 0 aliphatic heterocycles. The van der Waals surface area contributed by atoms with Gasteiger partial charge in [-0.05, 0) is 90.7 Å². The fraction of sp³-hybridized carbons (Fsp3) is 0.744. The maximum Gasteiger partial charge on any atom is 0.123 e. The molecule has 0 aromatic heterocycles. The predicted octanol–water partition coefficient (Wildman–Crippen LogP) is 12.6. The van der Waals surface area contributed by atoms with E-state index in [2.05, 4.69) is 126 Å². The van der Waals surface area contributed by atoms with Gasteiger partial charge in [0.2, 0.25) is 0 Å². The molecule has 0 heterocycles. The van der Waals surface area contributed by atoms with Crippen LogP contribution in [-0.2, 0) is 17.4 Å². The lowest BCUT2D eigenvalue weighted by atomic mass is 9.68. The number of rotatable bonds is 16. The van der Waals surface area contributed by atoms with Crippen molar-refractivity contribution in [2.75, 3.05) is 0 Å². The average Bonchev–Trinajstić information content (AvgIpc) is 2.81. The molecule has 0 atom stereocenters. The van der Waals surface area contributed by atoms with Crippen LogP contribution in [0.2, 0.25) is 0 Å². The van der Waals surface area contributed by atoms with Crippen LogP contribution in [0.15, 0.2) is 35.7 Å². The van der Waals surface area contributed by atoms with Gasteiger partial charge >= 0.3 is 0 Å². The highest BCUT2D eigenvalue weighted by molar-refractivity contribution is 5.50. The largest absolute Gasteiger partial charge is 0.507 e. The van der Waals surface area contributed by atoms with Crippen molar-refractivity contribution in [1.29, 1.82) is 0 Å². The van der Waals surface area contributed by atoms with Gasteiger partial charge in [-0.2, -0.15) is 0 Å². The Labute approximate surface area is 257 Å². The number of phenols is 1. The summed E-state index contributed by atoms with van der Waals surface area (Å²) >= 11 is 0. The van der Waals surface area contributed by atoms with E-state index in [0.717, 1.165) is 56.2 Å². The molecule has 1 aromatic carbocycles. The molecular formula is C39H69NO. The Bertz CT molecular complexity index is 918. The van der Waals surface area contributed by atoms with Gasteiger partial charge in [0, 0.05) is 30.1 Å². The third-order valence-electron chi connectivity index (χ3n) is 8.25. The first-order chi connectivity index (χ1) is 18.8. The van der Waals surface area contributed by atoms with Crippen molar-refractivity contribution < 1.29 is 5.11 Å². The zero-order valence-electron chi connectivity index (χ0n) is 30.0. The minimum atomic E-state index is -0.146. The maximum atomic E-state index is 11.9. The molecule has 0 unspecified atom stereocenters. The number of unbranched alkanes of at least 4 members (excludes halogenated alkanes) is 2. The fourth-order valence-corrected chi connectivity index (χ4v) is 6.94. The molecule has 0 radical (unpaired) electrons. The second-order valence-electron chi connectivity index (χ2n) is 16.4. The predicted molar refractivity (Wildman–Crippen MR) is 184 cm³/mol. The van der Waals surface area contributed by atoms with E-state index < -0.39 is 0 Å². The highest BCUT2D eigenvalue weighted by atomic mass is 16.3. The Morgan fingerprint density at radius 3 is 1.32 bits per heavy atom. The Kier molecular flexibility index (Phi) is 14.3. The van der Waals surface area contributed by atoms with Crippen molar-refractivity contribution in [2.45, 2.75) is 179 Å². The fourth-order valence-electron chi connectivity index (χ4n) is 6.94. The van der Waals surface area contributed by atoms with Crippen LogP contribution >= 0.6 is 0 Å². The molecule has 2 heteroatoms. The number of allylic oxidation sites excluding steroid dienone is 2. The minimum absolute atomic E-state index is 0.146. The Hall–Kier alpha value is -1.70. The van der Waals surface area contributed by atoms with Crippen molar-refractivity contribution in [2.24, 2.45) is 10.8 Å². The summed E-state index contributed by atoms with van der Waals surface area (Å²) in [6, 6.07) is 4.64. The Balaban J connectivity index is 3.86. The molecule has 0 amide bonds. The number of nitrogens with zero attached hydrogens (tertiary/aromatic N) is 1. The van der Waals surface area contributed by atoms with E-state index in [1.165, 1.54) is 42.4 Å². The monoisotopic (exact) mass is 568 g/mol. The normalized spacial score (nSPS) is 14.1. The third kappa shape index (κ3) is 13.0. The van der Waals surface area contributed by atoms with Crippen LogP contribution in [0.3, 0.4) is 0 Å². The standard InChI is InChI=1S/C39H69NO/c1-15-19-21-30(17-3)25-40(26-31(18-4)22-20-16-2)27-32-23-33(38(11,12)28-36(5,6)7)35(41)34(24-32)39(13,14)29-37(8,9)10/h23-26,41H,15-22,27-29H2,1-14H3. The van der Waals surface area contributed by atoms with Crippen molar-refractivity contribution >= 4 is 0 Å². The number of phenolic OH excluding ortho intramolecular Hbond substituents is 1. The van der Waals surface area contributed by atoms with E-state index in [4.69, 9.17) is 0 Å². The van der Waals surface area contributed by atoms with Gasteiger partial charge in [-0.1, -0.05) is 121 Å². The molecule has 236 valence electrons. The molecule has 2 nitrogen and oxygen atoms in total. The summed E-state index contributed by atoms with van der Waals surface area (Å²) < 4.78 is 0. The maximum absolute atomic E-state index is 11.9.